The van der Waals surface area contributed by atoms with Crippen LogP contribution in [0.25, 0.3) is 10.9 Å². The Bertz CT molecular complexity index is 951. The first-order chi connectivity index (χ1) is 12.1. The summed E-state index contributed by atoms with van der Waals surface area (Å²) < 4.78 is 0. The lowest BCUT2D eigenvalue weighted by atomic mass is 9.59. The molecule has 2 aromatic rings. The van der Waals surface area contributed by atoms with Gasteiger partial charge in [0.2, 0.25) is 11.8 Å². The predicted molar refractivity (Wildman–Crippen MR) is 91.8 cm³/mol. The van der Waals surface area contributed by atoms with Crippen LogP contribution in [0.4, 0.5) is 5.69 Å². The molecule has 1 aromatic carbocycles. The summed E-state index contributed by atoms with van der Waals surface area (Å²) in [5.74, 6) is -1.25. The van der Waals surface area contributed by atoms with Gasteiger partial charge in [0, 0.05) is 23.4 Å². The number of pyridine rings is 1. The number of aromatic nitrogens is 1. The Hall–Kier alpha value is -2.56. The van der Waals surface area contributed by atoms with Crippen LogP contribution < -0.4 is 4.90 Å². The van der Waals surface area contributed by atoms with E-state index in [0.29, 0.717) is 17.6 Å². The fourth-order valence-corrected chi connectivity index (χ4v) is 5.03. The third kappa shape index (κ3) is 1.89. The molecule has 4 atom stereocenters. The van der Waals surface area contributed by atoms with Crippen LogP contribution in [0.15, 0.2) is 30.3 Å². The van der Waals surface area contributed by atoms with Crippen molar-refractivity contribution < 1.29 is 14.4 Å². The van der Waals surface area contributed by atoms with Gasteiger partial charge in [0.15, 0.2) is 0 Å². The summed E-state index contributed by atoms with van der Waals surface area (Å²) in [5.41, 5.74) is 2.06. The zero-order valence-corrected chi connectivity index (χ0v) is 13.9. The number of Topliss-reactive ketones (excluding diaryl/α,β-unsaturated/α-hetero) is 1. The second-order valence-corrected chi connectivity index (χ2v) is 7.48. The first kappa shape index (κ1) is 14.8. The molecule has 4 fully saturated rings. The molecule has 3 saturated carbocycles. The monoisotopic (exact) mass is 334 g/mol. The van der Waals surface area contributed by atoms with Gasteiger partial charge >= 0.3 is 0 Å². The van der Waals surface area contributed by atoms with Crippen LogP contribution in [0.2, 0.25) is 0 Å². The Balaban J connectivity index is 1.67. The molecule has 3 aliphatic carbocycles. The highest BCUT2D eigenvalue weighted by Gasteiger charge is 2.61. The summed E-state index contributed by atoms with van der Waals surface area (Å²) >= 11 is 0. The minimum atomic E-state index is -0.465. The highest BCUT2D eigenvalue weighted by Crippen LogP contribution is 2.52. The largest absolute Gasteiger partial charge is 0.299 e. The lowest BCUT2D eigenvalue weighted by molar-refractivity contribution is -0.143. The van der Waals surface area contributed by atoms with E-state index in [1.165, 1.54) is 4.90 Å². The molecule has 0 unspecified atom stereocenters. The lowest BCUT2D eigenvalue weighted by Crippen LogP contribution is -2.46. The van der Waals surface area contributed by atoms with Gasteiger partial charge in [-0.3, -0.25) is 19.4 Å². The number of rotatable bonds is 1. The van der Waals surface area contributed by atoms with Crippen molar-refractivity contribution >= 4 is 34.2 Å². The van der Waals surface area contributed by atoms with Crippen molar-refractivity contribution in [3.8, 4) is 0 Å². The smallest absolute Gasteiger partial charge is 0.238 e. The molecule has 2 bridgehead atoms. The number of aryl methyl sites for hydroxylation is 1. The first-order valence-corrected chi connectivity index (χ1v) is 8.83. The third-order valence-electron chi connectivity index (χ3n) is 6.14. The fraction of sp³-hybridized carbons (Fsp3) is 0.400. The zero-order chi connectivity index (χ0) is 17.3. The second kappa shape index (κ2) is 4.97. The number of fused-ring (bicyclic) bond motifs is 3. The molecule has 2 amide bonds. The molecule has 126 valence electrons. The quantitative estimate of drug-likeness (QED) is 0.752. The van der Waals surface area contributed by atoms with Crippen molar-refractivity contribution in [2.24, 2.45) is 23.7 Å². The van der Waals surface area contributed by atoms with Gasteiger partial charge in [-0.05, 0) is 37.8 Å². The van der Waals surface area contributed by atoms with E-state index in [0.717, 1.165) is 23.9 Å². The van der Waals surface area contributed by atoms with Gasteiger partial charge in [-0.25, -0.2) is 4.90 Å². The number of ketones is 1. The number of nitrogens with zero attached hydrogens (tertiary/aromatic N) is 2. The topological polar surface area (TPSA) is 67.3 Å². The molecule has 0 radical (unpaired) electrons. The van der Waals surface area contributed by atoms with E-state index in [4.69, 9.17) is 0 Å². The Labute approximate surface area is 145 Å². The molecule has 1 aliphatic heterocycles. The lowest BCUT2D eigenvalue weighted by Gasteiger charge is -2.41. The summed E-state index contributed by atoms with van der Waals surface area (Å²) in [4.78, 5) is 44.4. The summed E-state index contributed by atoms with van der Waals surface area (Å²) in [6, 6.07) is 9.42. The normalized spacial score (nSPS) is 31.1. The molecule has 5 nitrogen and oxygen atoms in total. The molecule has 6 rings (SSSR count). The number of amides is 2. The molecule has 4 aliphatic rings. The molecule has 1 saturated heterocycles. The minimum absolute atomic E-state index is 0.0219. The molecule has 25 heavy (non-hydrogen) atoms. The van der Waals surface area contributed by atoms with E-state index in [2.05, 4.69) is 4.98 Å². The molecule has 0 N–H and O–H groups in total. The number of para-hydroxylation sites is 1. The van der Waals surface area contributed by atoms with E-state index in [-0.39, 0.29) is 35.4 Å². The van der Waals surface area contributed by atoms with Crippen LogP contribution in [-0.4, -0.2) is 22.6 Å². The van der Waals surface area contributed by atoms with E-state index in [1.54, 1.807) is 6.07 Å². The number of imide groups is 1. The Morgan fingerprint density at radius 2 is 1.80 bits per heavy atom. The molecule has 1 aromatic heterocycles. The van der Waals surface area contributed by atoms with Crippen molar-refractivity contribution in [1.82, 2.24) is 4.98 Å². The fourth-order valence-electron chi connectivity index (χ4n) is 5.03. The zero-order valence-electron chi connectivity index (χ0n) is 13.9. The van der Waals surface area contributed by atoms with Gasteiger partial charge in [-0.15, -0.1) is 0 Å². The Morgan fingerprint density at radius 1 is 1.00 bits per heavy atom. The number of carbonyl (C=O) groups is 3. The number of benzene rings is 1. The maximum atomic E-state index is 13.1. The number of carbonyl (C=O) groups excluding carboxylic acids is 3. The maximum Gasteiger partial charge on any atom is 0.238 e. The van der Waals surface area contributed by atoms with Crippen LogP contribution in [0.5, 0.6) is 0 Å². The van der Waals surface area contributed by atoms with Gasteiger partial charge in [0.05, 0.1) is 23.0 Å². The van der Waals surface area contributed by atoms with Crippen LogP contribution in [0.3, 0.4) is 0 Å². The van der Waals surface area contributed by atoms with E-state index in [9.17, 15) is 14.4 Å². The second-order valence-electron chi connectivity index (χ2n) is 7.48. The van der Waals surface area contributed by atoms with Gasteiger partial charge in [-0.1, -0.05) is 18.2 Å². The molecular weight excluding hydrogens is 316 g/mol. The number of hydrogen-bond donors (Lipinski definition) is 0. The van der Waals surface area contributed by atoms with Gasteiger partial charge in [-0.2, -0.15) is 0 Å². The highest BCUT2D eigenvalue weighted by atomic mass is 16.2. The van der Waals surface area contributed by atoms with E-state index >= 15 is 0 Å². The van der Waals surface area contributed by atoms with Crippen molar-refractivity contribution in [3.05, 3.63) is 36.0 Å². The van der Waals surface area contributed by atoms with Crippen LogP contribution in [0, 0.1) is 30.6 Å². The molecule has 5 heteroatoms. The van der Waals surface area contributed by atoms with Crippen LogP contribution in [-0.2, 0) is 14.4 Å². The third-order valence-corrected chi connectivity index (χ3v) is 6.14. The molecule has 0 spiro atoms. The SMILES string of the molecule is Cc1ccc2cccc(N3C(=O)[C@H]4[C@@H]5CC[C@@H](C(=O)C5)[C@H]4C3=O)c2n1. The first-order valence-electron chi connectivity index (χ1n) is 8.83. The minimum Gasteiger partial charge on any atom is -0.299 e. The van der Waals surface area contributed by atoms with Gasteiger partial charge < -0.3 is 0 Å². The average molecular weight is 334 g/mol. The van der Waals surface area contributed by atoms with Crippen molar-refractivity contribution in [1.29, 1.82) is 0 Å². The average Bonchev–Trinajstić information content (AvgIpc) is 2.88. The summed E-state index contributed by atoms with van der Waals surface area (Å²) in [6.45, 7) is 1.89. The Morgan fingerprint density at radius 3 is 2.60 bits per heavy atom. The van der Waals surface area contributed by atoms with E-state index in [1.807, 2.05) is 31.2 Å². The summed E-state index contributed by atoms with van der Waals surface area (Å²) in [5, 5.41) is 0.901. The van der Waals surface area contributed by atoms with Gasteiger partial charge in [0.25, 0.3) is 0 Å². The van der Waals surface area contributed by atoms with Crippen LogP contribution >= 0.6 is 0 Å². The molecule has 2 heterocycles. The summed E-state index contributed by atoms with van der Waals surface area (Å²) in [7, 11) is 0. The number of hydrogen-bond acceptors (Lipinski definition) is 4. The standard InChI is InChI=1S/C20H18N2O3/c1-10-5-6-11-3-2-4-14(18(11)21-10)22-19(24)16-12-7-8-13(15(23)9-12)17(16)20(22)25/h2-6,12-13,16-17H,7-9H2,1H3/t12-,13+,16+,17-/m1/s1. The van der Waals surface area contributed by atoms with E-state index < -0.39 is 5.92 Å². The van der Waals surface area contributed by atoms with Gasteiger partial charge in [0.1, 0.15) is 5.78 Å². The molecular formula is C20H18N2O3. The van der Waals surface area contributed by atoms with Crippen molar-refractivity contribution in [2.45, 2.75) is 26.2 Å². The predicted octanol–water partition coefficient (Wildman–Crippen LogP) is 2.65. The van der Waals surface area contributed by atoms with Crippen LogP contribution in [0.1, 0.15) is 25.0 Å². The Kier molecular flexibility index (Phi) is 2.94. The number of anilines is 1. The maximum absolute atomic E-state index is 13.1. The highest BCUT2D eigenvalue weighted by molar-refractivity contribution is 6.25. The summed E-state index contributed by atoms with van der Waals surface area (Å²) in [6.07, 6.45) is 2.06. The van der Waals surface area contributed by atoms with Crippen molar-refractivity contribution in [2.75, 3.05) is 4.90 Å². The van der Waals surface area contributed by atoms with Crippen molar-refractivity contribution in [3.63, 3.8) is 0 Å².